The Morgan fingerprint density at radius 2 is 1.95 bits per heavy atom. The molecule has 0 saturated carbocycles. The average molecular weight is 304 g/mol. The lowest BCUT2D eigenvalue weighted by atomic mass is 10.0. The highest BCUT2D eigenvalue weighted by Crippen LogP contribution is 2.17. The Kier molecular flexibility index (Phi) is 5.29. The van der Waals surface area contributed by atoms with Gasteiger partial charge in [-0.05, 0) is 30.9 Å². The van der Waals surface area contributed by atoms with Crippen molar-refractivity contribution in [3.8, 4) is 0 Å². The van der Waals surface area contributed by atoms with Gasteiger partial charge in [0, 0.05) is 32.0 Å². The number of benzene rings is 1. The summed E-state index contributed by atoms with van der Waals surface area (Å²) in [7, 11) is 0. The molecule has 1 N–H and O–H groups in total. The van der Waals surface area contributed by atoms with Crippen molar-refractivity contribution in [2.24, 2.45) is 5.92 Å². The fourth-order valence-corrected chi connectivity index (χ4v) is 2.99. The number of rotatable bonds is 4. The minimum atomic E-state index is -0.381. The number of anilines is 1. The number of hydrogen-bond acceptors (Lipinski definition) is 4. The number of carbonyl (C=O) groups is 1. The van der Waals surface area contributed by atoms with Crippen molar-refractivity contribution < 1.29 is 14.3 Å². The zero-order valence-electron chi connectivity index (χ0n) is 12.9. The maximum atomic E-state index is 12.3. The van der Waals surface area contributed by atoms with E-state index in [1.54, 1.807) is 0 Å². The first-order valence-electron chi connectivity index (χ1n) is 8.10. The lowest BCUT2D eigenvalue weighted by Gasteiger charge is -2.34. The molecule has 0 spiro atoms. The molecule has 1 aromatic carbocycles. The van der Waals surface area contributed by atoms with Crippen LogP contribution >= 0.6 is 0 Å². The van der Waals surface area contributed by atoms with E-state index in [0.717, 1.165) is 44.8 Å². The Morgan fingerprint density at radius 3 is 2.73 bits per heavy atom. The average Bonchev–Trinajstić information content (AvgIpc) is 2.61. The van der Waals surface area contributed by atoms with Crippen LogP contribution in [0.25, 0.3) is 0 Å². The topological polar surface area (TPSA) is 50.8 Å². The maximum Gasteiger partial charge on any atom is 0.250 e. The molecule has 5 nitrogen and oxygen atoms in total. The maximum absolute atomic E-state index is 12.3. The highest BCUT2D eigenvalue weighted by Gasteiger charge is 2.27. The van der Waals surface area contributed by atoms with Gasteiger partial charge in [0.1, 0.15) is 0 Å². The van der Waals surface area contributed by atoms with Crippen molar-refractivity contribution in [2.75, 3.05) is 44.4 Å². The van der Waals surface area contributed by atoms with Crippen LogP contribution in [0.4, 0.5) is 5.69 Å². The molecule has 1 amide bonds. The molecular formula is C17H24N2O3. The molecular weight excluding hydrogens is 280 g/mol. The zero-order valence-corrected chi connectivity index (χ0v) is 12.9. The van der Waals surface area contributed by atoms with Gasteiger partial charge in [0.2, 0.25) is 0 Å². The van der Waals surface area contributed by atoms with E-state index in [-0.39, 0.29) is 12.0 Å². The minimum Gasteiger partial charge on any atom is -0.381 e. The number of nitrogens with one attached hydrogen (secondary N) is 1. The van der Waals surface area contributed by atoms with E-state index in [0.29, 0.717) is 19.1 Å². The van der Waals surface area contributed by atoms with E-state index in [2.05, 4.69) is 22.3 Å². The molecule has 2 heterocycles. The lowest BCUT2D eigenvalue weighted by Crippen LogP contribution is -2.50. The van der Waals surface area contributed by atoms with E-state index in [1.807, 2.05) is 18.2 Å². The van der Waals surface area contributed by atoms with Crippen LogP contribution in [-0.2, 0) is 14.3 Å². The number of morpholine rings is 1. The Balaban J connectivity index is 1.49. The van der Waals surface area contributed by atoms with Gasteiger partial charge >= 0.3 is 0 Å². The highest BCUT2D eigenvalue weighted by molar-refractivity contribution is 5.81. The summed E-state index contributed by atoms with van der Waals surface area (Å²) in [6.45, 7) is 4.37. The summed E-state index contributed by atoms with van der Waals surface area (Å²) < 4.78 is 11.0. The number of ether oxygens (including phenoxy) is 2. The van der Waals surface area contributed by atoms with E-state index < -0.39 is 0 Å². The molecule has 0 aliphatic carbocycles. The van der Waals surface area contributed by atoms with Crippen molar-refractivity contribution in [1.29, 1.82) is 0 Å². The van der Waals surface area contributed by atoms with Crippen LogP contribution in [0.15, 0.2) is 30.3 Å². The van der Waals surface area contributed by atoms with E-state index >= 15 is 0 Å². The normalized spacial score (nSPS) is 23.3. The Hall–Kier alpha value is -1.59. The Morgan fingerprint density at radius 1 is 1.18 bits per heavy atom. The van der Waals surface area contributed by atoms with Crippen molar-refractivity contribution >= 4 is 11.6 Å². The van der Waals surface area contributed by atoms with Crippen molar-refractivity contribution in [2.45, 2.75) is 18.9 Å². The standard InChI is InChI=1S/C17H24N2O3/c20-17(18-12-14-6-9-21-10-7-14)16-13-19(8-11-22-16)15-4-2-1-3-5-15/h1-5,14,16H,6-13H2,(H,18,20)/t16-/m1/s1. The van der Waals surface area contributed by atoms with Gasteiger partial charge in [-0.2, -0.15) is 0 Å². The second kappa shape index (κ2) is 7.61. The van der Waals surface area contributed by atoms with E-state index in [1.165, 1.54) is 0 Å². The van der Waals surface area contributed by atoms with Gasteiger partial charge in [-0.1, -0.05) is 18.2 Å². The summed E-state index contributed by atoms with van der Waals surface area (Å²) in [6, 6.07) is 10.2. The number of amides is 1. The largest absolute Gasteiger partial charge is 0.381 e. The number of nitrogens with zero attached hydrogens (tertiary/aromatic N) is 1. The number of carbonyl (C=O) groups excluding carboxylic acids is 1. The molecule has 3 rings (SSSR count). The third-order valence-corrected chi connectivity index (χ3v) is 4.39. The van der Waals surface area contributed by atoms with Crippen LogP contribution < -0.4 is 10.2 Å². The van der Waals surface area contributed by atoms with Crippen LogP contribution in [0.3, 0.4) is 0 Å². The van der Waals surface area contributed by atoms with Crippen LogP contribution in [0.1, 0.15) is 12.8 Å². The summed E-state index contributed by atoms with van der Waals surface area (Å²) in [6.07, 6.45) is 1.68. The van der Waals surface area contributed by atoms with E-state index in [9.17, 15) is 4.79 Å². The molecule has 0 radical (unpaired) electrons. The monoisotopic (exact) mass is 304 g/mol. The minimum absolute atomic E-state index is 0.00660. The molecule has 2 aliphatic heterocycles. The van der Waals surface area contributed by atoms with Crippen LogP contribution in [-0.4, -0.2) is 51.5 Å². The fraction of sp³-hybridized carbons (Fsp3) is 0.588. The number of para-hydroxylation sites is 1. The molecule has 1 aromatic rings. The van der Waals surface area contributed by atoms with Gasteiger partial charge in [0.05, 0.1) is 13.2 Å². The predicted molar refractivity (Wildman–Crippen MR) is 84.9 cm³/mol. The first-order chi connectivity index (χ1) is 10.8. The molecule has 2 aliphatic rings. The van der Waals surface area contributed by atoms with Crippen LogP contribution in [0.5, 0.6) is 0 Å². The van der Waals surface area contributed by atoms with Gasteiger partial charge < -0.3 is 19.7 Å². The number of hydrogen-bond donors (Lipinski definition) is 1. The van der Waals surface area contributed by atoms with Gasteiger partial charge in [-0.25, -0.2) is 0 Å². The summed E-state index contributed by atoms with van der Waals surface area (Å²) >= 11 is 0. The molecule has 0 unspecified atom stereocenters. The van der Waals surface area contributed by atoms with Gasteiger partial charge in [-0.3, -0.25) is 4.79 Å². The molecule has 0 aromatic heterocycles. The van der Waals surface area contributed by atoms with Crippen LogP contribution in [0.2, 0.25) is 0 Å². The molecule has 120 valence electrons. The third-order valence-electron chi connectivity index (χ3n) is 4.39. The van der Waals surface area contributed by atoms with Crippen molar-refractivity contribution in [3.63, 3.8) is 0 Å². The fourth-order valence-electron chi connectivity index (χ4n) is 2.99. The van der Waals surface area contributed by atoms with Gasteiger partial charge in [-0.15, -0.1) is 0 Å². The third kappa shape index (κ3) is 3.99. The smallest absolute Gasteiger partial charge is 0.250 e. The van der Waals surface area contributed by atoms with Crippen molar-refractivity contribution in [1.82, 2.24) is 5.32 Å². The Labute approximate surface area is 131 Å². The Bertz CT molecular complexity index is 474. The SMILES string of the molecule is O=C(NCC1CCOCC1)[C@H]1CN(c2ccccc2)CCO1. The highest BCUT2D eigenvalue weighted by atomic mass is 16.5. The second-order valence-corrected chi connectivity index (χ2v) is 5.94. The molecule has 1 atom stereocenters. The van der Waals surface area contributed by atoms with E-state index in [4.69, 9.17) is 9.47 Å². The second-order valence-electron chi connectivity index (χ2n) is 5.94. The molecule has 2 saturated heterocycles. The first kappa shape index (κ1) is 15.3. The zero-order chi connectivity index (χ0) is 15.2. The van der Waals surface area contributed by atoms with Crippen LogP contribution in [0, 0.1) is 5.92 Å². The predicted octanol–water partition coefficient (Wildman–Crippen LogP) is 1.43. The summed E-state index contributed by atoms with van der Waals surface area (Å²) in [5.41, 5.74) is 1.15. The lowest BCUT2D eigenvalue weighted by molar-refractivity contribution is -0.133. The molecule has 0 bridgehead atoms. The summed E-state index contributed by atoms with van der Waals surface area (Å²) in [4.78, 5) is 14.5. The van der Waals surface area contributed by atoms with Crippen molar-refractivity contribution in [3.05, 3.63) is 30.3 Å². The van der Waals surface area contributed by atoms with Gasteiger partial charge in [0.15, 0.2) is 6.10 Å². The first-order valence-corrected chi connectivity index (χ1v) is 8.10. The summed E-state index contributed by atoms with van der Waals surface area (Å²) in [5.74, 6) is 0.540. The molecule has 22 heavy (non-hydrogen) atoms. The van der Waals surface area contributed by atoms with Gasteiger partial charge in [0.25, 0.3) is 5.91 Å². The molecule has 5 heteroatoms. The quantitative estimate of drug-likeness (QED) is 0.914. The summed E-state index contributed by atoms with van der Waals surface area (Å²) in [5, 5.41) is 3.05. The molecule has 2 fully saturated rings.